The lowest BCUT2D eigenvalue weighted by Gasteiger charge is -2.21. The number of carbonyl (C=O) groups is 1. The fourth-order valence-corrected chi connectivity index (χ4v) is 5.22. The van der Waals surface area contributed by atoms with E-state index in [0.717, 1.165) is 32.1 Å². The Kier molecular flexibility index (Phi) is 5.46. The predicted octanol–water partition coefficient (Wildman–Crippen LogP) is 3.68. The molecule has 1 aromatic carbocycles. The Morgan fingerprint density at radius 2 is 1.85 bits per heavy atom. The highest BCUT2D eigenvalue weighted by molar-refractivity contribution is 7.91. The number of hydrogen-bond acceptors (Lipinski definition) is 6. The molecule has 1 saturated carbocycles. The molecule has 0 unspecified atom stereocenters. The number of carbonyl (C=O) groups excluding carboxylic acids is 1. The van der Waals surface area contributed by atoms with Gasteiger partial charge in [-0.2, -0.15) is 0 Å². The molecule has 1 aromatic heterocycles. The maximum Gasteiger partial charge on any atom is 0.337 e. The second-order valence-electron chi connectivity index (χ2n) is 6.66. The average Bonchev–Trinajstić information content (AvgIpc) is 3.02. The number of aromatic nitrogens is 1. The maximum atomic E-state index is 12.7. The molecule has 0 atom stereocenters. The number of benzene rings is 1. The van der Waals surface area contributed by atoms with Crippen LogP contribution in [-0.4, -0.2) is 31.7 Å². The Morgan fingerprint density at radius 1 is 1.19 bits per heavy atom. The Hall–Kier alpha value is -2.15. The van der Waals surface area contributed by atoms with E-state index in [0.29, 0.717) is 28.5 Å². The molecular weight excluding hydrogens is 354 g/mol. The molecule has 0 aliphatic heterocycles. The number of sulfone groups is 1. The van der Waals surface area contributed by atoms with Gasteiger partial charge in [-0.1, -0.05) is 19.3 Å². The minimum Gasteiger partial charge on any atom is -0.465 e. The van der Waals surface area contributed by atoms with E-state index in [4.69, 9.17) is 4.42 Å². The molecule has 0 radical (unpaired) electrons. The third-order valence-corrected chi connectivity index (χ3v) is 7.01. The molecule has 0 bridgehead atoms. The predicted molar refractivity (Wildman–Crippen MR) is 97.5 cm³/mol. The summed E-state index contributed by atoms with van der Waals surface area (Å²) >= 11 is 0. The van der Waals surface area contributed by atoms with E-state index in [9.17, 15) is 13.2 Å². The summed E-state index contributed by atoms with van der Waals surface area (Å²) in [6.45, 7) is 1.73. The molecule has 0 N–H and O–H groups in total. The Bertz CT molecular complexity index is 877. The second-order valence-corrected chi connectivity index (χ2v) is 8.94. The smallest absolute Gasteiger partial charge is 0.337 e. The number of oxazole rings is 1. The van der Waals surface area contributed by atoms with Crippen molar-refractivity contribution in [2.75, 3.05) is 7.11 Å². The first kappa shape index (κ1) is 18.6. The molecule has 1 aliphatic rings. The van der Waals surface area contributed by atoms with Crippen molar-refractivity contribution in [1.29, 1.82) is 0 Å². The SMILES string of the molecule is COC(=O)c1ccc(-c2nc(CS(=O)(=O)C3CCCCC3)c(C)o2)cc1. The molecule has 1 aliphatic carbocycles. The molecular formula is C19H23NO5S. The van der Waals surface area contributed by atoms with Gasteiger partial charge in [-0.3, -0.25) is 0 Å². The Morgan fingerprint density at radius 3 is 2.46 bits per heavy atom. The summed E-state index contributed by atoms with van der Waals surface area (Å²) in [5, 5.41) is -0.268. The molecule has 1 fully saturated rings. The van der Waals surface area contributed by atoms with Crippen LogP contribution in [0.25, 0.3) is 11.5 Å². The summed E-state index contributed by atoms with van der Waals surface area (Å²) in [7, 11) is -1.91. The van der Waals surface area contributed by atoms with E-state index < -0.39 is 15.8 Å². The molecule has 140 valence electrons. The highest BCUT2D eigenvalue weighted by Crippen LogP contribution is 2.28. The van der Waals surface area contributed by atoms with Crippen molar-refractivity contribution in [1.82, 2.24) is 4.98 Å². The standard InChI is InChI=1S/C19H23NO5S/c1-13-17(12-26(22,23)16-6-4-3-5-7-16)20-18(25-13)14-8-10-15(11-9-14)19(21)24-2/h8-11,16H,3-7,12H2,1-2H3. The lowest BCUT2D eigenvalue weighted by atomic mass is 10.0. The van der Waals surface area contributed by atoms with Gasteiger partial charge in [-0.15, -0.1) is 0 Å². The van der Waals surface area contributed by atoms with Gasteiger partial charge in [0.05, 0.1) is 29.4 Å². The van der Waals surface area contributed by atoms with E-state index in [-0.39, 0.29) is 11.0 Å². The highest BCUT2D eigenvalue weighted by Gasteiger charge is 2.29. The van der Waals surface area contributed by atoms with Crippen molar-refractivity contribution < 1.29 is 22.4 Å². The van der Waals surface area contributed by atoms with Crippen LogP contribution >= 0.6 is 0 Å². The number of aryl methyl sites for hydroxylation is 1. The number of ether oxygens (including phenoxy) is 1. The van der Waals surface area contributed by atoms with Crippen LogP contribution in [0.5, 0.6) is 0 Å². The topological polar surface area (TPSA) is 86.5 Å². The molecule has 7 heteroatoms. The number of hydrogen-bond donors (Lipinski definition) is 0. The third-order valence-electron chi connectivity index (χ3n) is 4.84. The lowest BCUT2D eigenvalue weighted by molar-refractivity contribution is 0.0600. The molecule has 3 rings (SSSR count). The van der Waals surface area contributed by atoms with Crippen LogP contribution in [0.15, 0.2) is 28.7 Å². The third kappa shape index (κ3) is 3.98. The highest BCUT2D eigenvalue weighted by atomic mass is 32.2. The van der Waals surface area contributed by atoms with Crippen LogP contribution in [0.1, 0.15) is 53.9 Å². The number of methoxy groups -OCH3 is 1. The fraction of sp³-hybridized carbons (Fsp3) is 0.474. The zero-order valence-corrected chi connectivity index (χ0v) is 15.8. The van der Waals surface area contributed by atoms with Gasteiger partial charge >= 0.3 is 5.97 Å². The van der Waals surface area contributed by atoms with E-state index in [1.54, 1.807) is 31.2 Å². The van der Waals surface area contributed by atoms with Crippen LogP contribution in [0.2, 0.25) is 0 Å². The Balaban J connectivity index is 1.79. The first-order chi connectivity index (χ1) is 12.4. The van der Waals surface area contributed by atoms with Crippen LogP contribution in [-0.2, 0) is 20.3 Å². The van der Waals surface area contributed by atoms with E-state index in [1.807, 2.05) is 0 Å². The monoisotopic (exact) mass is 377 g/mol. The normalized spacial score (nSPS) is 15.8. The summed E-state index contributed by atoms with van der Waals surface area (Å²) in [4.78, 5) is 15.9. The minimum absolute atomic E-state index is 0.0900. The van der Waals surface area contributed by atoms with Gasteiger partial charge < -0.3 is 9.15 Å². The summed E-state index contributed by atoms with van der Waals surface area (Å²) in [6.07, 6.45) is 4.53. The van der Waals surface area contributed by atoms with E-state index >= 15 is 0 Å². The van der Waals surface area contributed by atoms with Crippen molar-refractivity contribution in [3.05, 3.63) is 41.3 Å². The van der Waals surface area contributed by atoms with Crippen molar-refractivity contribution in [3.63, 3.8) is 0 Å². The van der Waals surface area contributed by atoms with Crippen LogP contribution in [0.4, 0.5) is 0 Å². The Labute approximate surface area is 153 Å². The number of rotatable bonds is 5. The van der Waals surface area contributed by atoms with Gasteiger partial charge in [-0.25, -0.2) is 18.2 Å². The molecule has 6 nitrogen and oxygen atoms in total. The largest absolute Gasteiger partial charge is 0.465 e. The minimum atomic E-state index is -3.23. The molecule has 1 heterocycles. The van der Waals surface area contributed by atoms with Crippen molar-refractivity contribution in [3.8, 4) is 11.5 Å². The first-order valence-electron chi connectivity index (χ1n) is 8.77. The quantitative estimate of drug-likeness (QED) is 0.739. The second kappa shape index (κ2) is 7.61. The zero-order chi connectivity index (χ0) is 18.7. The first-order valence-corrected chi connectivity index (χ1v) is 10.5. The zero-order valence-electron chi connectivity index (χ0n) is 15.0. The van der Waals surface area contributed by atoms with E-state index in [2.05, 4.69) is 9.72 Å². The summed E-state index contributed by atoms with van der Waals surface area (Å²) in [5.41, 5.74) is 1.57. The summed E-state index contributed by atoms with van der Waals surface area (Å²) < 4.78 is 35.7. The van der Waals surface area contributed by atoms with Gasteiger partial charge in [0, 0.05) is 5.56 Å². The van der Waals surface area contributed by atoms with Crippen LogP contribution in [0, 0.1) is 6.92 Å². The van der Waals surface area contributed by atoms with Crippen LogP contribution < -0.4 is 0 Å². The molecule has 0 saturated heterocycles. The van der Waals surface area contributed by atoms with Crippen molar-refractivity contribution >= 4 is 15.8 Å². The fourth-order valence-electron chi connectivity index (χ4n) is 3.28. The average molecular weight is 377 g/mol. The van der Waals surface area contributed by atoms with Gasteiger partial charge in [0.1, 0.15) is 5.76 Å². The van der Waals surface area contributed by atoms with Crippen LogP contribution in [0.3, 0.4) is 0 Å². The molecule has 26 heavy (non-hydrogen) atoms. The van der Waals surface area contributed by atoms with Crippen molar-refractivity contribution in [2.45, 2.75) is 50.0 Å². The van der Waals surface area contributed by atoms with Gasteiger partial charge in [0.25, 0.3) is 0 Å². The number of esters is 1. The molecule has 2 aromatic rings. The lowest BCUT2D eigenvalue weighted by Crippen LogP contribution is -2.25. The molecule has 0 amide bonds. The van der Waals surface area contributed by atoms with Gasteiger partial charge in [0.15, 0.2) is 9.84 Å². The van der Waals surface area contributed by atoms with Gasteiger partial charge in [-0.05, 0) is 44.0 Å². The number of nitrogens with zero attached hydrogens (tertiary/aromatic N) is 1. The summed E-state index contributed by atoms with van der Waals surface area (Å²) in [6, 6.07) is 6.66. The summed E-state index contributed by atoms with van der Waals surface area (Å²) in [5.74, 6) is 0.358. The van der Waals surface area contributed by atoms with Gasteiger partial charge in [0.2, 0.25) is 5.89 Å². The van der Waals surface area contributed by atoms with Crippen molar-refractivity contribution in [2.24, 2.45) is 0 Å². The molecule has 0 spiro atoms. The van der Waals surface area contributed by atoms with E-state index in [1.165, 1.54) is 7.11 Å². The maximum absolute atomic E-state index is 12.7.